The van der Waals surface area contributed by atoms with Crippen molar-refractivity contribution in [1.29, 1.82) is 0 Å². The molecule has 0 bridgehead atoms. The second-order valence-electron chi connectivity index (χ2n) is 5.26. The van der Waals surface area contributed by atoms with E-state index in [1.165, 1.54) is 25.9 Å². The number of rotatable bonds is 8. The molecule has 2 N–H and O–H groups in total. The van der Waals surface area contributed by atoms with E-state index in [0.717, 1.165) is 13.0 Å². The monoisotopic (exact) mass is 292 g/mol. The van der Waals surface area contributed by atoms with E-state index in [1.807, 2.05) is 12.1 Å². The molecule has 5 heteroatoms. The molecule has 0 radical (unpaired) electrons. The zero-order valence-corrected chi connectivity index (χ0v) is 12.4. The molecule has 0 spiro atoms. The third-order valence-electron chi connectivity index (χ3n) is 3.56. The van der Waals surface area contributed by atoms with Crippen molar-refractivity contribution in [2.45, 2.75) is 25.7 Å². The van der Waals surface area contributed by atoms with Crippen LogP contribution in [0.4, 0.5) is 5.69 Å². The minimum absolute atomic E-state index is 0.217. The number of nitrogens with two attached hydrogens (primary N) is 1. The summed E-state index contributed by atoms with van der Waals surface area (Å²) in [5.41, 5.74) is 6.33. The fraction of sp³-hybridized carbons (Fsp3) is 0.562. The van der Waals surface area contributed by atoms with Crippen LogP contribution < -0.4 is 10.5 Å². The zero-order valence-electron chi connectivity index (χ0n) is 12.4. The van der Waals surface area contributed by atoms with E-state index in [0.29, 0.717) is 24.7 Å². The summed E-state index contributed by atoms with van der Waals surface area (Å²) in [4.78, 5) is 14.0. The standard InChI is InChI=1S/C16H24N2O3/c17-14-6-1-2-7-15(14)20-13-8-16(19)21-12-5-11-18-9-3-4-10-18/h1-2,6-7H,3-5,8-13,17H2. The lowest BCUT2D eigenvalue weighted by atomic mass is 10.3. The van der Waals surface area contributed by atoms with E-state index in [2.05, 4.69) is 4.90 Å². The maximum Gasteiger partial charge on any atom is 0.309 e. The van der Waals surface area contributed by atoms with E-state index in [-0.39, 0.29) is 12.4 Å². The molecule has 1 aromatic rings. The smallest absolute Gasteiger partial charge is 0.309 e. The van der Waals surface area contributed by atoms with Crippen LogP contribution in [0.5, 0.6) is 5.75 Å². The van der Waals surface area contributed by atoms with Crippen molar-refractivity contribution >= 4 is 11.7 Å². The minimum atomic E-state index is -0.217. The van der Waals surface area contributed by atoms with E-state index in [1.54, 1.807) is 12.1 Å². The van der Waals surface area contributed by atoms with Gasteiger partial charge in [0.15, 0.2) is 0 Å². The van der Waals surface area contributed by atoms with Crippen LogP contribution in [-0.2, 0) is 9.53 Å². The number of para-hydroxylation sites is 2. The molecule has 0 unspecified atom stereocenters. The summed E-state index contributed by atoms with van der Waals surface area (Å²) >= 11 is 0. The zero-order chi connectivity index (χ0) is 14.9. The van der Waals surface area contributed by atoms with E-state index in [9.17, 15) is 4.79 Å². The summed E-state index contributed by atoms with van der Waals surface area (Å²) in [5, 5.41) is 0. The Hall–Kier alpha value is -1.75. The number of hydrogen-bond donors (Lipinski definition) is 1. The molecule has 1 heterocycles. The first-order valence-corrected chi connectivity index (χ1v) is 7.61. The van der Waals surface area contributed by atoms with Crippen molar-refractivity contribution in [1.82, 2.24) is 4.90 Å². The van der Waals surface area contributed by atoms with Gasteiger partial charge in [0.05, 0.1) is 25.3 Å². The van der Waals surface area contributed by atoms with E-state index in [4.69, 9.17) is 15.2 Å². The minimum Gasteiger partial charge on any atom is -0.491 e. The molecular formula is C16H24N2O3. The van der Waals surface area contributed by atoms with Crippen molar-refractivity contribution in [3.05, 3.63) is 24.3 Å². The molecule has 21 heavy (non-hydrogen) atoms. The van der Waals surface area contributed by atoms with Gasteiger partial charge in [-0.25, -0.2) is 0 Å². The van der Waals surface area contributed by atoms with Crippen LogP contribution in [0.25, 0.3) is 0 Å². The summed E-state index contributed by atoms with van der Waals surface area (Å²) in [6.07, 6.45) is 3.73. The molecule has 0 aliphatic carbocycles. The number of anilines is 1. The lowest BCUT2D eigenvalue weighted by Gasteiger charge is -2.14. The Morgan fingerprint density at radius 3 is 2.71 bits per heavy atom. The lowest BCUT2D eigenvalue weighted by molar-refractivity contribution is -0.144. The second kappa shape index (κ2) is 8.52. The van der Waals surface area contributed by atoms with Crippen molar-refractivity contribution in [2.24, 2.45) is 0 Å². The molecule has 1 aromatic carbocycles. The summed E-state index contributed by atoms with van der Waals surface area (Å²) in [7, 11) is 0. The van der Waals surface area contributed by atoms with Gasteiger partial charge in [0.2, 0.25) is 0 Å². The number of nitrogen functional groups attached to an aromatic ring is 1. The quantitative estimate of drug-likeness (QED) is 0.451. The van der Waals surface area contributed by atoms with Crippen LogP contribution in [0.1, 0.15) is 25.7 Å². The number of hydrogen-bond acceptors (Lipinski definition) is 5. The van der Waals surface area contributed by atoms with Crippen molar-refractivity contribution in [3.8, 4) is 5.75 Å². The van der Waals surface area contributed by atoms with Crippen LogP contribution in [-0.4, -0.2) is 43.7 Å². The highest BCUT2D eigenvalue weighted by atomic mass is 16.5. The highest BCUT2D eigenvalue weighted by Crippen LogP contribution is 2.19. The molecule has 0 amide bonds. The first kappa shape index (κ1) is 15.6. The molecule has 1 fully saturated rings. The predicted octanol–water partition coefficient (Wildman–Crippen LogP) is 2.07. The molecule has 5 nitrogen and oxygen atoms in total. The average molecular weight is 292 g/mol. The van der Waals surface area contributed by atoms with E-state index < -0.39 is 0 Å². The Kier molecular flexibility index (Phi) is 6.34. The summed E-state index contributed by atoms with van der Waals surface area (Å²) in [6, 6.07) is 7.25. The molecule has 1 aliphatic rings. The Bertz CT molecular complexity index is 445. The number of benzene rings is 1. The van der Waals surface area contributed by atoms with Crippen LogP contribution in [0, 0.1) is 0 Å². The largest absolute Gasteiger partial charge is 0.491 e. The first-order valence-electron chi connectivity index (χ1n) is 7.61. The van der Waals surface area contributed by atoms with Gasteiger partial charge in [-0.05, 0) is 44.5 Å². The van der Waals surface area contributed by atoms with Gasteiger partial charge >= 0.3 is 5.97 Å². The van der Waals surface area contributed by atoms with E-state index >= 15 is 0 Å². The van der Waals surface area contributed by atoms with Crippen molar-refractivity contribution < 1.29 is 14.3 Å². The van der Waals surface area contributed by atoms with Gasteiger partial charge in [-0.2, -0.15) is 0 Å². The average Bonchev–Trinajstić information content (AvgIpc) is 2.99. The number of carbonyl (C=O) groups is 1. The van der Waals surface area contributed by atoms with Crippen LogP contribution in [0.2, 0.25) is 0 Å². The van der Waals surface area contributed by atoms with Gasteiger partial charge in [-0.15, -0.1) is 0 Å². The Labute approximate surface area is 126 Å². The van der Waals surface area contributed by atoms with Gasteiger partial charge in [-0.1, -0.05) is 12.1 Å². The Balaban J connectivity index is 1.52. The third kappa shape index (κ3) is 5.63. The predicted molar refractivity (Wildman–Crippen MR) is 82.2 cm³/mol. The summed E-state index contributed by atoms with van der Waals surface area (Å²) < 4.78 is 10.7. The topological polar surface area (TPSA) is 64.8 Å². The van der Waals surface area contributed by atoms with Crippen molar-refractivity contribution in [2.75, 3.05) is 38.6 Å². The molecule has 2 rings (SSSR count). The number of esters is 1. The Morgan fingerprint density at radius 2 is 1.95 bits per heavy atom. The molecule has 0 atom stereocenters. The van der Waals surface area contributed by atoms with Crippen LogP contribution in [0.3, 0.4) is 0 Å². The van der Waals surface area contributed by atoms with Gasteiger partial charge in [0, 0.05) is 6.54 Å². The fourth-order valence-electron chi connectivity index (χ4n) is 2.41. The number of nitrogens with zero attached hydrogens (tertiary/aromatic N) is 1. The molecule has 0 aromatic heterocycles. The third-order valence-corrected chi connectivity index (χ3v) is 3.56. The lowest BCUT2D eigenvalue weighted by Crippen LogP contribution is -2.22. The van der Waals surface area contributed by atoms with Gasteiger partial charge in [-0.3, -0.25) is 4.79 Å². The molecule has 1 aliphatic heterocycles. The first-order chi connectivity index (χ1) is 10.3. The fourth-order valence-corrected chi connectivity index (χ4v) is 2.41. The SMILES string of the molecule is Nc1ccccc1OCCC(=O)OCCCN1CCCC1. The molecular weight excluding hydrogens is 268 g/mol. The maximum absolute atomic E-state index is 11.6. The highest BCUT2D eigenvalue weighted by Gasteiger charge is 2.11. The number of carbonyl (C=O) groups excluding carboxylic acids is 1. The Morgan fingerprint density at radius 1 is 1.19 bits per heavy atom. The summed E-state index contributed by atoms with van der Waals surface area (Å²) in [5.74, 6) is 0.394. The van der Waals surface area contributed by atoms with Crippen LogP contribution in [0.15, 0.2) is 24.3 Å². The maximum atomic E-state index is 11.6. The number of ether oxygens (including phenoxy) is 2. The van der Waals surface area contributed by atoms with Gasteiger partial charge < -0.3 is 20.1 Å². The molecule has 0 saturated carbocycles. The van der Waals surface area contributed by atoms with Gasteiger partial charge in [0.1, 0.15) is 5.75 Å². The van der Waals surface area contributed by atoms with Crippen molar-refractivity contribution in [3.63, 3.8) is 0 Å². The summed E-state index contributed by atoms with van der Waals surface area (Å²) in [6.45, 7) is 4.16. The normalized spacial score (nSPS) is 15.0. The van der Waals surface area contributed by atoms with Gasteiger partial charge in [0.25, 0.3) is 0 Å². The van der Waals surface area contributed by atoms with Crippen LogP contribution >= 0.6 is 0 Å². The second-order valence-corrected chi connectivity index (χ2v) is 5.26. The number of likely N-dealkylation sites (tertiary alicyclic amines) is 1. The molecule has 1 saturated heterocycles. The molecule has 116 valence electrons. The highest BCUT2D eigenvalue weighted by molar-refractivity contribution is 5.69.